The van der Waals surface area contributed by atoms with E-state index in [-0.39, 0.29) is 0 Å². The highest BCUT2D eigenvalue weighted by molar-refractivity contribution is 5.90. The molecule has 0 bridgehead atoms. The molecule has 102 valence electrons. The van der Waals surface area contributed by atoms with Crippen molar-refractivity contribution >= 4 is 11.1 Å². The molecular formula is C19H21N. The quantitative estimate of drug-likeness (QED) is 0.708. The fourth-order valence-electron chi connectivity index (χ4n) is 3.07. The van der Waals surface area contributed by atoms with E-state index in [0.29, 0.717) is 0 Å². The summed E-state index contributed by atoms with van der Waals surface area (Å²) in [5.74, 6) is 0. The number of aryl methyl sites for hydroxylation is 2. The summed E-state index contributed by atoms with van der Waals surface area (Å²) in [4.78, 5) is 4.67. The van der Waals surface area contributed by atoms with Crippen LogP contribution in [0, 0.1) is 13.8 Å². The maximum absolute atomic E-state index is 4.67. The first-order valence-corrected chi connectivity index (χ1v) is 7.38. The summed E-state index contributed by atoms with van der Waals surface area (Å²) in [5, 5.41) is 0. The van der Waals surface area contributed by atoms with Gasteiger partial charge < -0.3 is 0 Å². The second-order valence-corrected chi connectivity index (χ2v) is 5.78. The smallest absolute Gasteiger partial charge is 0.0699 e. The lowest BCUT2D eigenvalue weighted by Gasteiger charge is -2.22. The van der Waals surface area contributed by atoms with Crippen molar-refractivity contribution in [2.45, 2.75) is 40.0 Å². The highest BCUT2D eigenvalue weighted by atomic mass is 14.7. The molecule has 3 rings (SSSR count). The van der Waals surface area contributed by atoms with Gasteiger partial charge >= 0.3 is 0 Å². The molecule has 1 aliphatic carbocycles. The Balaban J connectivity index is 2.13. The minimum atomic E-state index is 1.14. The van der Waals surface area contributed by atoms with Gasteiger partial charge in [0.1, 0.15) is 0 Å². The molecule has 0 N–H and O–H groups in total. The van der Waals surface area contributed by atoms with Crippen LogP contribution in [0.15, 0.2) is 36.5 Å². The first-order chi connectivity index (χ1) is 9.66. The van der Waals surface area contributed by atoms with Gasteiger partial charge in [0.15, 0.2) is 0 Å². The molecule has 1 aromatic carbocycles. The molecule has 0 amide bonds. The lowest BCUT2D eigenvalue weighted by Crippen LogP contribution is -2.07. The van der Waals surface area contributed by atoms with Crippen molar-refractivity contribution in [2.24, 2.45) is 0 Å². The average molecular weight is 263 g/mol. The van der Waals surface area contributed by atoms with Gasteiger partial charge in [-0.05, 0) is 73.9 Å². The normalized spacial score (nSPS) is 16.8. The molecule has 1 aliphatic rings. The van der Waals surface area contributed by atoms with Crippen molar-refractivity contribution in [1.29, 1.82) is 0 Å². The van der Waals surface area contributed by atoms with Gasteiger partial charge in [0.2, 0.25) is 0 Å². The summed E-state index contributed by atoms with van der Waals surface area (Å²) in [6.07, 6.45) is 5.49. The van der Waals surface area contributed by atoms with Crippen LogP contribution in [0.25, 0.3) is 11.1 Å². The van der Waals surface area contributed by atoms with Gasteiger partial charge in [-0.2, -0.15) is 0 Å². The summed E-state index contributed by atoms with van der Waals surface area (Å²) in [7, 11) is 0. The van der Waals surface area contributed by atoms with Crippen LogP contribution in [0.4, 0.5) is 0 Å². The Labute approximate surface area is 121 Å². The molecule has 2 aromatic rings. The van der Waals surface area contributed by atoms with E-state index in [4.69, 9.17) is 0 Å². The molecule has 0 radical (unpaired) electrons. The van der Waals surface area contributed by atoms with Crippen LogP contribution in [-0.4, -0.2) is 4.98 Å². The largest absolute Gasteiger partial charge is 0.256 e. The molecule has 0 aliphatic heterocycles. The highest BCUT2D eigenvalue weighted by Crippen LogP contribution is 2.36. The monoisotopic (exact) mass is 263 g/mol. The van der Waals surface area contributed by atoms with E-state index < -0.39 is 0 Å². The molecule has 0 unspecified atom stereocenters. The summed E-state index contributed by atoms with van der Waals surface area (Å²) in [6.45, 7) is 6.57. The van der Waals surface area contributed by atoms with Crippen LogP contribution in [0.5, 0.6) is 0 Å². The van der Waals surface area contributed by atoms with E-state index >= 15 is 0 Å². The number of pyridine rings is 1. The minimum absolute atomic E-state index is 1.14. The van der Waals surface area contributed by atoms with Crippen LogP contribution >= 0.6 is 0 Å². The lowest BCUT2D eigenvalue weighted by molar-refractivity contribution is 0.802. The Morgan fingerprint density at radius 1 is 1.00 bits per heavy atom. The van der Waals surface area contributed by atoms with Gasteiger partial charge in [0.25, 0.3) is 0 Å². The van der Waals surface area contributed by atoms with Crippen molar-refractivity contribution in [3.63, 3.8) is 0 Å². The zero-order chi connectivity index (χ0) is 14.1. The Morgan fingerprint density at radius 3 is 2.50 bits per heavy atom. The maximum atomic E-state index is 4.67. The summed E-state index contributed by atoms with van der Waals surface area (Å²) < 4.78 is 0. The fourth-order valence-corrected chi connectivity index (χ4v) is 3.07. The van der Waals surface area contributed by atoms with E-state index in [1.165, 1.54) is 51.9 Å². The first kappa shape index (κ1) is 13.1. The third kappa shape index (κ3) is 2.29. The van der Waals surface area contributed by atoms with Gasteiger partial charge in [-0.1, -0.05) is 29.8 Å². The molecule has 0 spiro atoms. The van der Waals surface area contributed by atoms with Crippen molar-refractivity contribution in [2.75, 3.05) is 0 Å². The molecule has 0 fully saturated rings. The van der Waals surface area contributed by atoms with Crippen molar-refractivity contribution in [3.05, 3.63) is 64.5 Å². The Hall–Kier alpha value is -1.89. The summed E-state index contributed by atoms with van der Waals surface area (Å²) in [6, 6.07) is 11.0. The van der Waals surface area contributed by atoms with Gasteiger partial charge in [0.05, 0.1) is 5.69 Å². The number of nitrogens with zero attached hydrogens (tertiary/aromatic N) is 1. The number of rotatable bonds is 1. The lowest BCUT2D eigenvalue weighted by atomic mass is 9.85. The molecular weight excluding hydrogens is 242 g/mol. The van der Waals surface area contributed by atoms with E-state index in [9.17, 15) is 0 Å². The Bertz CT molecular complexity index is 663. The predicted octanol–water partition coefficient (Wildman–Crippen LogP) is 4.97. The molecule has 0 atom stereocenters. The van der Waals surface area contributed by atoms with E-state index in [1.54, 1.807) is 0 Å². The molecule has 1 heteroatoms. The molecule has 20 heavy (non-hydrogen) atoms. The number of benzene rings is 1. The number of allylic oxidation sites excluding steroid dienone is 2. The van der Waals surface area contributed by atoms with E-state index in [2.05, 4.69) is 56.1 Å². The number of hydrogen-bond donors (Lipinski definition) is 0. The second-order valence-electron chi connectivity index (χ2n) is 5.78. The van der Waals surface area contributed by atoms with Crippen LogP contribution in [-0.2, 0) is 6.42 Å². The molecule has 1 aromatic heterocycles. The molecule has 1 heterocycles. The Kier molecular flexibility index (Phi) is 3.43. The third-order valence-corrected chi connectivity index (χ3v) is 4.37. The SMILES string of the molecule is CC(=C1CCCc2c(C)ccnc21)c1ccc(C)cc1. The third-order valence-electron chi connectivity index (χ3n) is 4.37. The van der Waals surface area contributed by atoms with Crippen LogP contribution in [0.1, 0.15) is 47.7 Å². The summed E-state index contributed by atoms with van der Waals surface area (Å²) >= 11 is 0. The van der Waals surface area contributed by atoms with Gasteiger partial charge in [-0.15, -0.1) is 0 Å². The average Bonchev–Trinajstić information content (AvgIpc) is 2.47. The van der Waals surface area contributed by atoms with Crippen molar-refractivity contribution in [1.82, 2.24) is 4.98 Å². The van der Waals surface area contributed by atoms with Crippen LogP contribution < -0.4 is 0 Å². The minimum Gasteiger partial charge on any atom is -0.256 e. The predicted molar refractivity (Wildman–Crippen MR) is 85.6 cm³/mol. The number of hydrogen-bond acceptors (Lipinski definition) is 1. The van der Waals surface area contributed by atoms with Gasteiger partial charge in [-0.3, -0.25) is 4.98 Å². The van der Waals surface area contributed by atoms with Crippen molar-refractivity contribution < 1.29 is 0 Å². The molecule has 1 nitrogen and oxygen atoms in total. The Morgan fingerprint density at radius 2 is 1.75 bits per heavy atom. The summed E-state index contributed by atoms with van der Waals surface area (Å²) in [5.41, 5.74) is 9.49. The zero-order valence-electron chi connectivity index (χ0n) is 12.5. The van der Waals surface area contributed by atoms with Crippen molar-refractivity contribution in [3.8, 4) is 0 Å². The van der Waals surface area contributed by atoms with Gasteiger partial charge in [0, 0.05) is 6.20 Å². The number of fused-ring (bicyclic) bond motifs is 1. The molecule has 0 saturated heterocycles. The van der Waals surface area contributed by atoms with E-state index in [1.807, 2.05) is 6.20 Å². The zero-order valence-corrected chi connectivity index (χ0v) is 12.5. The highest BCUT2D eigenvalue weighted by Gasteiger charge is 2.19. The van der Waals surface area contributed by atoms with Crippen LogP contribution in [0.3, 0.4) is 0 Å². The van der Waals surface area contributed by atoms with Gasteiger partial charge in [-0.25, -0.2) is 0 Å². The number of aromatic nitrogens is 1. The van der Waals surface area contributed by atoms with Crippen LogP contribution in [0.2, 0.25) is 0 Å². The fraction of sp³-hybridized carbons (Fsp3) is 0.316. The topological polar surface area (TPSA) is 12.9 Å². The molecule has 0 saturated carbocycles. The maximum Gasteiger partial charge on any atom is 0.0699 e. The second kappa shape index (κ2) is 5.24. The first-order valence-electron chi connectivity index (χ1n) is 7.38. The standard InChI is InChI=1S/C19H21N/c1-13-7-9-16(10-8-13)15(3)18-6-4-5-17-14(2)11-12-20-19(17)18/h7-12H,4-6H2,1-3H3. The van der Waals surface area contributed by atoms with E-state index in [0.717, 1.165) is 6.42 Å².